The van der Waals surface area contributed by atoms with Crippen LogP contribution in [0, 0.1) is 11.3 Å². The molecule has 0 aliphatic rings. The van der Waals surface area contributed by atoms with Gasteiger partial charge in [0.2, 0.25) is 0 Å². The average molecular weight is 538 g/mol. The Morgan fingerprint density at radius 2 is 1.05 bits per heavy atom. The Morgan fingerprint density at radius 1 is 0.476 bits per heavy atom. The third kappa shape index (κ3) is 2.88. The summed E-state index contributed by atoms with van der Waals surface area (Å²) in [5.41, 5.74) is 2.91. The summed E-state index contributed by atoms with van der Waals surface area (Å²) in [6, 6.07) is 39.0. The molecule has 0 saturated heterocycles. The second-order valence-corrected chi connectivity index (χ2v) is 11.1. The van der Waals surface area contributed by atoms with E-state index in [2.05, 4.69) is 97.1 Å². The molecule has 0 unspecified atom stereocenters. The summed E-state index contributed by atoms with van der Waals surface area (Å²) in [6.07, 6.45) is 0. The number of benzene rings is 7. The normalized spacial score (nSPS) is 12.0. The Morgan fingerprint density at radius 3 is 1.74 bits per heavy atom. The van der Waals surface area contributed by atoms with Crippen LogP contribution < -0.4 is 9.47 Å². The van der Waals surface area contributed by atoms with Crippen molar-refractivity contribution in [3.8, 4) is 28.7 Å². The number of hydrogen-bond donors (Lipinski definition) is 0. The fraction of sp³-hybridized carbons (Fsp3) is 0.0513. The van der Waals surface area contributed by atoms with E-state index in [1.807, 2.05) is 12.1 Å². The quantitative estimate of drug-likeness (QED) is 0.211. The van der Waals surface area contributed by atoms with Crippen LogP contribution in [0.15, 0.2) is 103 Å². The third-order valence-electron chi connectivity index (χ3n) is 9.10. The minimum Gasteiger partial charge on any atom is -0.497 e. The number of methoxy groups -OCH3 is 2. The van der Waals surface area contributed by atoms with Crippen molar-refractivity contribution in [3.63, 3.8) is 0 Å². The van der Waals surface area contributed by atoms with Gasteiger partial charge in [-0.05, 0) is 135 Å². The van der Waals surface area contributed by atoms with Gasteiger partial charge in [0.25, 0.3) is 0 Å². The zero-order valence-electron chi connectivity index (χ0n) is 23.1. The van der Waals surface area contributed by atoms with Gasteiger partial charge in [-0.2, -0.15) is 5.26 Å². The molecular formula is C39H23NO2. The van der Waals surface area contributed by atoms with Crippen molar-refractivity contribution < 1.29 is 9.47 Å². The molecule has 9 aromatic carbocycles. The number of ether oxygens (including phenoxy) is 2. The van der Waals surface area contributed by atoms with E-state index in [4.69, 9.17) is 9.47 Å². The second-order valence-electron chi connectivity index (χ2n) is 11.1. The second kappa shape index (κ2) is 8.22. The van der Waals surface area contributed by atoms with E-state index < -0.39 is 0 Å². The summed E-state index contributed by atoms with van der Waals surface area (Å²) >= 11 is 0. The van der Waals surface area contributed by atoms with Crippen LogP contribution in [0.25, 0.3) is 86.5 Å². The van der Waals surface area contributed by atoms with Crippen LogP contribution in [0.3, 0.4) is 0 Å². The van der Waals surface area contributed by atoms with E-state index in [1.165, 1.54) is 70.2 Å². The zero-order chi connectivity index (χ0) is 28.1. The zero-order valence-corrected chi connectivity index (χ0v) is 23.1. The van der Waals surface area contributed by atoms with Crippen LogP contribution in [-0.4, -0.2) is 14.2 Å². The summed E-state index contributed by atoms with van der Waals surface area (Å²) < 4.78 is 11.6. The summed E-state index contributed by atoms with van der Waals surface area (Å²) in [4.78, 5) is 0. The molecule has 42 heavy (non-hydrogen) atoms. The maximum absolute atomic E-state index is 9.57. The summed E-state index contributed by atoms with van der Waals surface area (Å²) in [7, 11) is 3.44. The molecule has 9 rings (SSSR count). The minimum atomic E-state index is 0.648. The van der Waals surface area contributed by atoms with Crippen LogP contribution in [0.4, 0.5) is 0 Å². The Bertz CT molecular complexity index is 2580. The topological polar surface area (TPSA) is 42.2 Å². The fourth-order valence-corrected chi connectivity index (χ4v) is 7.37. The highest BCUT2D eigenvalue weighted by Crippen LogP contribution is 2.51. The van der Waals surface area contributed by atoms with Crippen molar-refractivity contribution in [2.24, 2.45) is 0 Å². The highest BCUT2D eigenvalue weighted by molar-refractivity contribution is 6.41. The molecular weight excluding hydrogens is 514 g/mol. The average Bonchev–Trinajstić information content (AvgIpc) is 3.53. The van der Waals surface area contributed by atoms with Gasteiger partial charge in [0.15, 0.2) is 0 Å². The van der Waals surface area contributed by atoms with Gasteiger partial charge in [-0.15, -0.1) is 0 Å². The van der Waals surface area contributed by atoms with Crippen molar-refractivity contribution >= 4 is 75.4 Å². The largest absolute Gasteiger partial charge is 0.497 e. The van der Waals surface area contributed by atoms with E-state index in [0.29, 0.717) is 5.56 Å². The highest BCUT2D eigenvalue weighted by Gasteiger charge is 2.23. The van der Waals surface area contributed by atoms with Gasteiger partial charge in [0.1, 0.15) is 11.5 Å². The molecule has 3 heteroatoms. The predicted molar refractivity (Wildman–Crippen MR) is 175 cm³/mol. The lowest BCUT2D eigenvalue weighted by Crippen LogP contribution is -1.88. The first-order chi connectivity index (χ1) is 20.7. The molecule has 0 heterocycles. The van der Waals surface area contributed by atoms with Gasteiger partial charge in [-0.1, -0.05) is 54.6 Å². The van der Waals surface area contributed by atoms with Gasteiger partial charge in [0.05, 0.1) is 25.9 Å². The van der Waals surface area contributed by atoms with Crippen LogP contribution in [0.1, 0.15) is 5.56 Å². The highest BCUT2D eigenvalue weighted by atomic mass is 16.5. The smallest absolute Gasteiger partial charge is 0.120 e. The van der Waals surface area contributed by atoms with Crippen LogP contribution >= 0.6 is 0 Å². The maximum Gasteiger partial charge on any atom is 0.120 e. The summed E-state index contributed by atoms with van der Waals surface area (Å²) in [5.74, 6) is 1.63. The lowest BCUT2D eigenvalue weighted by atomic mass is 9.88. The Labute approximate surface area is 241 Å². The molecule has 0 atom stereocenters. The molecule has 0 N–H and O–H groups in total. The third-order valence-corrected chi connectivity index (χ3v) is 9.10. The molecule has 0 amide bonds. The molecule has 0 fully saturated rings. The molecule has 0 aromatic heterocycles. The lowest BCUT2D eigenvalue weighted by Gasteiger charge is -2.15. The Hall–Kier alpha value is -5.59. The van der Waals surface area contributed by atoms with Crippen LogP contribution in [0.5, 0.6) is 11.5 Å². The number of nitriles is 1. The van der Waals surface area contributed by atoms with Crippen molar-refractivity contribution in [3.05, 3.63) is 109 Å². The van der Waals surface area contributed by atoms with Crippen molar-refractivity contribution in [2.75, 3.05) is 14.2 Å². The maximum atomic E-state index is 9.57. The monoisotopic (exact) mass is 537 g/mol. The van der Waals surface area contributed by atoms with Crippen molar-refractivity contribution in [1.29, 1.82) is 5.26 Å². The fourth-order valence-electron chi connectivity index (χ4n) is 7.37. The van der Waals surface area contributed by atoms with Gasteiger partial charge < -0.3 is 9.47 Å². The van der Waals surface area contributed by atoms with Gasteiger partial charge in [-0.3, -0.25) is 0 Å². The Balaban J connectivity index is 1.60. The van der Waals surface area contributed by atoms with Crippen LogP contribution in [-0.2, 0) is 0 Å². The van der Waals surface area contributed by atoms with E-state index in [1.54, 1.807) is 14.2 Å². The minimum absolute atomic E-state index is 0.648. The van der Waals surface area contributed by atoms with E-state index in [0.717, 1.165) is 27.8 Å². The van der Waals surface area contributed by atoms with E-state index in [-0.39, 0.29) is 0 Å². The molecule has 9 aromatic rings. The first kappa shape index (κ1) is 23.1. The molecule has 0 aliphatic carbocycles. The summed E-state index contributed by atoms with van der Waals surface area (Å²) in [5, 5.41) is 26.7. The predicted octanol–water partition coefficient (Wildman–Crippen LogP) is 10.2. The molecule has 0 saturated carbocycles. The molecule has 3 nitrogen and oxygen atoms in total. The molecule has 0 spiro atoms. The first-order valence-corrected chi connectivity index (χ1v) is 14.1. The molecule has 0 radical (unpaired) electrons. The molecule has 196 valence electrons. The lowest BCUT2D eigenvalue weighted by molar-refractivity contribution is 0.414. The van der Waals surface area contributed by atoms with Crippen LogP contribution in [0.2, 0.25) is 0 Å². The van der Waals surface area contributed by atoms with E-state index >= 15 is 0 Å². The van der Waals surface area contributed by atoms with E-state index in [9.17, 15) is 5.26 Å². The van der Waals surface area contributed by atoms with Gasteiger partial charge >= 0.3 is 0 Å². The summed E-state index contributed by atoms with van der Waals surface area (Å²) in [6.45, 7) is 0. The molecule has 0 bridgehead atoms. The van der Waals surface area contributed by atoms with Gasteiger partial charge in [-0.25, -0.2) is 0 Å². The molecule has 0 aliphatic heterocycles. The van der Waals surface area contributed by atoms with Gasteiger partial charge in [0, 0.05) is 0 Å². The van der Waals surface area contributed by atoms with Crippen molar-refractivity contribution in [2.45, 2.75) is 0 Å². The Kier molecular flexibility index (Phi) is 4.53. The first-order valence-electron chi connectivity index (χ1n) is 14.1. The SMILES string of the molecule is COc1cc2cc(OC)cc3c4c(-c5ccc(C#N)cc5)c5c(cc4c(c1)c23)cc1c2ccccc2c2cccc5c21. The number of nitrogens with zero attached hydrogens (tertiary/aromatic N) is 1. The number of rotatable bonds is 3. The standard InChI is InChI=1S/C39H23NO2/c1-41-25-14-23-15-26(42-2)19-34-35(23)33(18-25)32-17-24-16-31-28-7-4-3-6-27(28)29-8-5-9-30(38(29)31)36(24)37(39(32)34)22-12-10-21(20-40)11-13-22/h3-19H,1-2H3. The van der Waals surface area contributed by atoms with Crippen molar-refractivity contribution in [1.82, 2.24) is 0 Å². The number of fused-ring (bicyclic) bond motifs is 8. The number of hydrogen-bond acceptors (Lipinski definition) is 3.